The predicted octanol–water partition coefficient (Wildman–Crippen LogP) is -0.231. The smallest absolute Gasteiger partial charge is 0.338 e. The summed E-state index contributed by atoms with van der Waals surface area (Å²) in [6.07, 6.45) is -2.78. The largest absolute Gasteiger partial charge is 0.467 e. The van der Waals surface area contributed by atoms with E-state index < -0.39 is 54.0 Å². The average molecular weight is 403 g/mol. The highest BCUT2D eigenvalue weighted by Crippen LogP contribution is 2.43. The molecule has 158 valence electrons. The summed E-state index contributed by atoms with van der Waals surface area (Å²) < 4.78 is 19.7. The third-order valence-electron chi connectivity index (χ3n) is 4.42. The Labute approximate surface area is 162 Å². The fraction of sp³-hybridized carbons (Fsp3) is 0.765. The Morgan fingerprint density at radius 3 is 1.96 bits per heavy atom. The van der Waals surface area contributed by atoms with Gasteiger partial charge in [0.1, 0.15) is 5.92 Å². The molecule has 0 radical (unpaired) electrons. The molecule has 0 aliphatic carbocycles. The summed E-state index contributed by atoms with van der Waals surface area (Å²) in [5, 5.41) is 0.897. The number of esters is 4. The Hall–Kier alpha value is -2.24. The van der Waals surface area contributed by atoms with Crippen LogP contribution in [0.15, 0.2) is 0 Å². The summed E-state index contributed by atoms with van der Waals surface area (Å²) >= 11 is 0. The number of carbonyl (C=O) groups is 4. The van der Waals surface area contributed by atoms with E-state index in [-0.39, 0.29) is 26.2 Å². The first-order valence-corrected chi connectivity index (χ1v) is 9.08. The predicted molar refractivity (Wildman–Crippen MR) is 88.9 cm³/mol. The average Bonchev–Trinajstić information content (AvgIpc) is 3.18. The molecule has 0 amide bonds. The lowest BCUT2D eigenvalue weighted by Crippen LogP contribution is -2.44. The molecule has 11 heteroatoms. The second-order valence-corrected chi connectivity index (χ2v) is 6.05. The number of hydrogen-bond donors (Lipinski definition) is 0. The molecule has 11 nitrogen and oxygen atoms in total. The zero-order valence-electron chi connectivity index (χ0n) is 16.2. The lowest BCUT2D eigenvalue weighted by atomic mass is 9.82. The minimum absolute atomic E-state index is 0.0701. The highest BCUT2D eigenvalue weighted by molar-refractivity contribution is 5.86. The van der Waals surface area contributed by atoms with Crippen LogP contribution < -0.4 is 0 Å². The molecule has 0 N–H and O–H groups in total. The van der Waals surface area contributed by atoms with Crippen LogP contribution in [0.2, 0.25) is 0 Å². The zero-order chi connectivity index (χ0) is 20.8. The van der Waals surface area contributed by atoms with Gasteiger partial charge in [0.25, 0.3) is 0 Å². The Morgan fingerprint density at radius 1 is 0.821 bits per heavy atom. The number of fused-ring (bicyclic) bond motifs is 1. The zero-order valence-corrected chi connectivity index (χ0v) is 16.2. The molecule has 2 saturated heterocycles. The molecule has 2 aliphatic heterocycles. The molecule has 2 rings (SSSR count). The molecular formula is C17H25NO10. The van der Waals surface area contributed by atoms with Crippen molar-refractivity contribution in [3.63, 3.8) is 0 Å². The van der Waals surface area contributed by atoms with E-state index in [0.717, 1.165) is 12.3 Å². The molecule has 2 fully saturated rings. The van der Waals surface area contributed by atoms with E-state index >= 15 is 0 Å². The van der Waals surface area contributed by atoms with Crippen LogP contribution in [0.5, 0.6) is 0 Å². The number of nitrogens with zero attached hydrogens (tertiary/aromatic N) is 1. The van der Waals surface area contributed by atoms with Crippen molar-refractivity contribution >= 4 is 23.9 Å². The van der Waals surface area contributed by atoms with E-state index in [2.05, 4.69) is 4.74 Å². The Balaban J connectivity index is 2.36. The van der Waals surface area contributed by atoms with Crippen LogP contribution in [0.4, 0.5) is 0 Å². The molecule has 0 aromatic heterocycles. The highest BCUT2D eigenvalue weighted by Gasteiger charge is 2.63. The van der Waals surface area contributed by atoms with Crippen molar-refractivity contribution < 1.29 is 47.8 Å². The number of carbonyl (C=O) groups excluding carboxylic acids is 4. The van der Waals surface area contributed by atoms with Gasteiger partial charge in [-0.2, -0.15) is 0 Å². The molecule has 2 aliphatic rings. The van der Waals surface area contributed by atoms with E-state index in [0.29, 0.717) is 0 Å². The lowest BCUT2D eigenvalue weighted by molar-refractivity contribution is -0.350. The molecule has 0 saturated carbocycles. The van der Waals surface area contributed by atoms with Crippen LogP contribution in [-0.2, 0) is 47.8 Å². The third-order valence-corrected chi connectivity index (χ3v) is 4.42. The van der Waals surface area contributed by atoms with Crippen LogP contribution >= 0.6 is 0 Å². The van der Waals surface area contributed by atoms with Crippen molar-refractivity contribution in [2.45, 2.75) is 45.4 Å². The van der Waals surface area contributed by atoms with Crippen LogP contribution in [0.3, 0.4) is 0 Å². The van der Waals surface area contributed by atoms with Gasteiger partial charge in [0, 0.05) is 5.92 Å². The van der Waals surface area contributed by atoms with Crippen molar-refractivity contribution in [3.05, 3.63) is 0 Å². The molecular weight excluding hydrogens is 378 g/mol. The fourth-order valence-electron chi connectivity index (χ4n) is 3.33. The van der Waals surface area contributed by atoms with Gasteiger partial charge in [0.15, 0.2) is 12.2 Å². The van der Waals surface area contributed by atoms with Crippen LogP contribution in [0.1, 0.15) is 27.2 Å². The minimum Gasteiger partial charge on any atom is -0.467 e. The topological polar surface area (TPSA) is 127 Å². The number of methoxy groups -OCH3 is 1. The van der Waals surface area contributed by atoms with E-state index in [4.69, 9.17) is 23.9 Å². The second-order valence-electron chi connectivity index (χ2n) is 6.05. The van der Waals surface area contributed by atoms with E-state index in [9.17, 15) is 19.2 Å². The van der Waals surface area contributed by atoms with Gasteiger partial charge in [0.2, 0.25) is 0 Å². The van der Waals surface area contributed by atoms with Gasteiger partial charge < -0.3 is 18.9 Å². The number of hydrogen-bond acceptors (Lipinski definition) is 11. The first-order valence-electron chi connectivity index (χ1n) is 9.08. The monoisotopic (exact) mass is 403 g/mol. The van der Waals surface area contributed by atoms with Crippen LogP contribution in [-0.4, -0.2) is 74.3 Å². The quantitative estimate of drug-likeness (QED) is 0.394. The lowest BCUT2D eigenvalue weighted by Gasteiger charge is -2.23. The van der Waals surface area contributed by atoms with Crippen LogP contribution in [0.25, 0.3) is 0 Å². The summed E-state index contributed by atoms with van der Waals surface area (Å²) in [7, 11) is 1.15. The molecule has 28 heavy (non-hydrogen) atoms. The Kier molecular flexibility index (Phi) is 7.72. The first kappa shape index (κ1) is 22.1. The van der Waals surface area contributed by atoms with Crippen molar-refractivity contribution in [3.8, 4) is 0 Å². The maximum atomic E-state index is 12.6. The van der Waals surface area contributed by atoms with Gasteiger partial charge in [0.05, 0.1) is 39.4 Å². The summed E-state index contributed by atoms with van der Waals surface area (Å²) in [4.78, 5) is 60.0. The molecule has 0 aromatic carbocycles. The normalized spacial score (nSPS) is 29.1. The first-order chi connectivity index (χ1) is 13.4. The summed E-state index contributed by atoms with van der Waals surface area (Å²) in [5.41, 5.74) is 0. The van der Waals surface area contributed by atoms with E-state index in [1.807, 2.05) is 0 Å². The Morgan fingerprint density at radius 2 is 1.39 bits per heavy atom. The van der Waals surface area contributed by atoms with E-state index in [1.165, 1.54) is 0 Å². The van der Waals surface area contributed by atoms with Crippen molar-refractivity contribution in [2.24, 2.45) is 11.8 Å². The standard InChI is InChI=1S/C17H25NO10/c1-5-24-10(19)8-9-12-11(15(20)25-6-2)14(16(21)23-4)28-18(12)27-13(9)17(22)26-7-3/h9,11-14H,5-8H2,1-4H3/t9-,11+,12-,13-,14+/m0/s1. The molecule has 5 atom stereocenters. The number of ether oxygens (including phenoxy) is 4. The summed E-state index contributed by atoms with van der Waals surface area (Å²) in [5.74, 6) is -4.86. The maximum absolute atomic E-state index is 12.6. The van der Waals surface area contributed by atoms with Crippen molar-refractivity contribution in [1.82, 2.24) is 5.23 Å². The molecule has 2 heterocycles. The molecule has 0 bridgehead atoms. The summed E-state index contributed by atoms with van der Waals surface area (Å²) in [6, 6.07) is -0.943. The molecule has 0 spiro atoms. The van der Waals surface area contributed by atoms with Crippen molar-refractivity contribution in [2.75, 3.05) is 26.9 Å². The number of rotatable bonds is 8. The van der Waals surface area contributed by atoms with Gasteiger partial charge in [-0.25, -0.2) is 9.59 Å². The van der Waals surface area contributed by atoms with E-state index in [1.54, 1.807) is 20.8 Å². The van der Waals surface area contributed by atoms with Gasteiger partial charge in [-0.15, -0.1) is 0 Å². The third kappa shape index (κ3) is 4.42. The fourth-order valence-corrected chi connectivity index (χ4v) is 3.33. The van der Waals surface area contributed by atoms with Gasteiger partial charge in [-0.1, -0.05) is 5.23 Å². The maximum Gasteiger partial charge on any atom is 0.338 e. The van der Waals surface area contributed by atoms with Gasteiger partial charge in [-0.3, -0.25) is 19.3 Å². The molecule has 0 unspecified atom stereocenters. The minimum atomic E-state index is -1.33. The van der Waals surface area contributed by atoms with Crippen molar-refractivity contribution in [1.29, 1.82) is 0 Å². The summed E-state index contributed by atoms with van der Waals surface area (Å²) in [6.45, 7) is 5.20. The number of hydroxylamine groups is 2. The van der Waals surface area contributed by atoms with Crippen LogP contribution in [0, 0.1) is 11.8 Å². The highest BCUT2D eigenvalue weighted by atomic mass is 17.0. The second kappa shape index (κ2) is 9.80. The SMILES string of the molecule is CCOC(=O)C[C@H]1[C@H]2[C@@H](C(=O)OCC)[C@H](C(=O)OC)ON2O[C@@H]1C(=O)OCC. The molecule has 0 aromatic rings. The van der Waals surface area contributed by atoms with Gasteiger partial charge in [-0.05, 0) is 20.8 Å². The van der Waals surface area contributed by atoms with Gasteiger partial charge >= 0.3 is 23.9 Å². The Bertz CT molecular complexity index is 609.